The number of para-hydroxylation sites is 1. The van der Waals surface area contributed by atoms with Crippen LogP contribution in [0, 0.1) is 18.3 Å². The molecule has 0 aliphatic rings. The van der Waals surface area contributed by atoms with Crippen LogP contribution in [0.3, 0.4) is 0 Å². The number of carbonyl (C=O) groups is 1. The van der Waals surface area contributed by atoms with Gasteiger partial charge in [0.2, 0.25) is 5.78 Å². The molecule has 3 aromatic rings. The molecule has 0 amide bonds. The van der Waals surface area contributed by atoms with Gasteiger partial charge in [0.25, 0.3) is 0 Å². The summed E-state index contributed by atoms with van der Waals surface area (Å²) in [6.07, 6.45) is 1.56. The van der Waals surface area contributed by atoms with E-state index in [0.29, 0.717) is 22.6 Å². The molecule has 1 heterocycles. The Morgan fingerprint density at radius 3 is 2.54 bits per heavy atom. The van der Waals surface area contributed by atoms with Crippen LogP contribution in [-0.2, 0) is 0 Å². The predicted molar refractivity (Wildman–Crippen MR) is 101 cm³/mol. The highest BCUT2D eigenvalue weighted by Gasteiger charge is 2.19. The average Bonchev–Trinajstić information content (AvgIpc) is 3.00. The van der Waals surface area contributed by atoms with Gasteiger partial charge in [-0.3, -0.25) is 4.79 Å². The number of H-pyrrole nitrogens is 1. The second-order valence-electron chi connectivity index (χ2n) is 5.78. The third-order valence-corrected chi connectivity index (χ3v) is 4.20. The van der Waals surface area contributed by atoms with Crippen molar-refractivity contribution in [2.24, 2.45) is 0 Å². The zero-order chi connectivity index (χ0) is 18.7. The summed E-state index contributed by atoms with van der Waals surface area (Å²) in [5.74, 6) is 0.813. The Morgan fingerprint density at radius 1 is 1.12 bits per heavy atom. The van der Waals surface area contributed by atoms with Gasteiger partial charge in [0.15, 0.2) is 11.5 Å². The van der Waals surface area contributed by atoms with Crippen LogP contribution in [-0.4, -0.2) is 25.0 Å². The Kier molecular flexibility index (Phi) is 4.76. The third kappa shape index (κ3) is 3.05. The van der Waals surface area contributed by atoms with E-state index in [2.05, 4.69) is 4.98 Å². The van der Waals surface area contributed by atoms with Crippen molar-refractivity contribution >= 4 is 22.8 Å². The van der Waals surface area contributed by atoms with Crippen molar-refractivity contribution in [3.8, 4) is 17.6 Å². The summed E-state index contributed by atoms with van der Waals surface area (Å²) in [6, 6.07) is 14.8. The van der Waals surface area contributed by atoms with Crippen molar-refractivity contribution in [2.75, 3.05) is 14.2 Å². The Hall–Kier alpha value is -3.52. The van der Waals surface area contributed by atoms with Crippen molar-refractivity contribution in [2.45, 2.75) is 6.92 Å². The first-order valence-electron chi connectivity index (χ1n) is 8.05. The quantitative estimate of drug-likeness (QED) is 0.425. The van der Waals surface area contributed by atoms with Gasteiger partial charge in [-0.15, -0.1) is 0 Å². The number of aromatic nitrogens is 1. The van der Waals surface area contributed by atoms with Gasteiger partial charge in [-0.05, 0) is 36.8 Å². The van der Waals surface area contributed by atoms with E-state index in [1.165, 1.54) is 7.11 Å². The number of hydrogen-bond acceptors (Lipinski definition) is 4. The summed E-state index contributed by atoms with van der Waals surface area (Å²) in [4.78, 5) is 16.2. The summed E-state index contributed by atoms with van der Waals surface area (Å²) in [6.45, 7) is 1.83. The molecule has 0 spiro atoms. The molecule has 5 heteroatoms. The van der Waals surface area contributed by atoms with Crippen LogP contribution in [0.15, 0.2) is 48.0 Å². The number of fused-ring (bicyclic) bond motifs is 1. The lowest BCUT2D eigenvalue weighted by Gasteiger charge is -2.08. The number of hydrogen-bond donors (Lipinski definition) is 1. The van der Waals surface area contributed by atoms with Crippen molar-refractivity contribution in [3.05, 3.63) is 64.9 Å². The number of aryl methyl sites for hydroxylation is 1. The molecule has 130 valence electrons. The molecule has 0 unspecified atom stereocenters. The molecule has 26 heavy (non-hydrogen) atoms. The van der Waals surface area contributed by atoms with E-state index in [4.69, 9.17) is 9.47 Å². The molecule has 0 aliphatic heterocycles. The maximum atomic E-state index is 13.0. The highest BCUT2D eigenvalue weighted by molar-refractivity contribution is 6.20. The van der Waals surface area contributed by atoms with E-state index in [-0.39, 0.29) is 11.4 Å². The Balaban J connectivity index is 2.06. The zero-order valence-electron chi connectivity index (χ0n) is 14.8. The number of methoxy groups -OCH3 is 2. The monoisotopic (exact) mass is 346 g/mol. The smallest absolute Gasteiger partial charge is 0.205 e. The van der Waals surface area contributed by atoms with Gasteiger partial charge < -0.3 is 14.5 Å². The van der Waals surface area contributed by atoms with Crippen molar-refractivity contribution < 1.29 is 14.3 Å². The van der Waals surface area contributed by atoms with Gasteiger partial charge in [0.05, 0.1) is 19.8 Å². The number of carbonyl (C=O) groups excluding carboxylic acids is 1. The molecule has 0 bridgehead atoms. The number of benzene rings is 2. The molecule has 2 aromatic carbocycles. The fourth-order valence-corrected chi connectivity index (χ4v) is 2.96. The number of nitriles is 1. The van der Waals surface area contributed by atoms with Gasteiger partial charge in [-0.2, -0.15) is 5.26 Å². The molecular weight excluding hydrogens is 328 g/mol. The number of aromatic amines is 1. The molecule has 0 saturated heterocycles. The molecule has 0 atom stereocenters. The minimum absolute atomic E-state index is 0.0603. The van der Waals surface area contributed by atoms with Crippen LogP contribution in [0.5, 0.6) is 11.5 Å². The second-order valence-corrected chi connectivity index (χ2v) is 5.78. The minimum Gasteiger partial charge on any atom is -0.493 e. The number of allylic oxidation sites excluding steroid dienone is 1. The SMILES string of the molecule is COc1ccc(/C=C(\C#N)C(=O)c2c(C)[nH]c3ccccc23)cc1OC. The number of ether oxygens (including phenoxy) is 2. The van der Waals surface area contributed by atoms with E-state index < -0.39 is 0 Å². The Bertz CT molecular complexity index is 1050. The fourth-order valence-electron chi connectivity index (χ4n) is 2.96. The molecule has 5 nitrogen and oxygen atoms in total. The van der Waals surface area contributed by atoms with E-state index in [1.54, 1.807) is 31.4 Å². The first kappa shape index (κ1) is 17.3. The van der Waals surface area contributed by atoms with Crippen LogP contribution >= 0.6 is 0 Å². The van der Waals surface area contributed by atoms with Gasteiger partial charge in [0, 0.05) is 16.6 Å². The summed E-state index contributed by atoms with van der Waals surface area (Å²) in [5.41, 5.74) is 2.88. The summed E-state index contributed by atoms with van der Waals surface area (Å²) in [5, 5.41) is 10.4. The standard InChI is InChI=1S/C21H18N2O3/c1-13-20(16-6-4-5-7-17(16)23-13)21(24)15(12-22)10-14-8-9-18(25-2)19(11-14)26-3/h4-11,23H,1-3H3/b15-10+. The van der Waals surface area contributed by atoms with Gasteiger partial charge in [-0.25, -0.2) is 0 Å². The Labute approximate surface area is 151 Å². The number of nitrogens with one attached hydrogen (secondary N) is 1. The second kappa shape index (κ2) is 7.16. The zero-order valence-corrected chi connectivity index (χ0v) is 14.8. The van der Waals surface area contributed by atoms with Crippen LogP contribution in [0.2, 0.25) is 0 Å². The topological polar surface area (TPSA) is 75.1 Å². The first-order valence-corrected chi connectivity index (χ1v) is 8.05. The Morgan fingerprint density at radius 2 is 1.85 bits per heavy atom. The molecule has 1 aromatic heterocycles. The highest BCUT2D eigenvalue weighted by atomic mass is 16.5. The van der Waals surface area contributed by atoms with Crippen LogP contribution < -0.4 is 9.47 Å². The summed E-state index contributed by atoms with van der Waals surface area (Å²) in [7, 11) is 3.09. The van der Waals surface area contributed by atoms with E-state index in [1.807, 2.05) is 37.3 Å². The van der Waals surface area contributed by atoms with Gasteiger partial charge in [0.1, 0.15) is 11.6 Å². The van der Waals surface area contributed by atoms with Crippen LogP contribution in [0.4, 0.5) is 0 Å². The van der Waals surface area contributed by atoms with E-state index >= 15 is 0 Å². The molecule has 3 rings (SSSR count). The number of rotatable bonds is 5. The minimum atomic E-state index is -0.308. The summed E-state index contributed by atoms with van der Waals surface area (Å²) < 4.78 is 10.5. The molecule has 0 fully saturated rings. The van der Waals surface area contributed by atoms with E-state index in [9.17, 15) is 10.1 Å². The number of Topliss-reactive ketones (excluding diaryl/α,β-unsaturated/α-hetero) is 1. The molecular formula is C21H18N2O3. The molecule has 0 radical (unpaired) electrons. The third-order valence-electron chi connectivity index (χ3n) is 4.20. The maximum Gasteiger partial charge on any atom is 0.205 e. The lowest BCUT2D eigenvalue weighted by atomic mass is 9.99. The van der Waals surface area contributed by atoms with Crippen molar-refractivity contribution in [1.29, 1.82) is 5.26 Å². The molecule has 0 saturated carbocycles. The van der Waals surface area contributed by atoms with Gasteiger partial charge >= 0.3 is 0 Å². The summed E-state index contributed by atoms with van der Waals surface area (Å²) >= 11 is 0. The highest BCUT2D eigenvalue weighted by Crippen LogP contribution is 2.29. The number of ketones is 1. The predicted octanol–water partition coefficient (Wildman–Crippen LogP) is 4.28. The molecule has 0 aliphatic carbocycles. The van der Waals surface area contributed by atoms with Crippen LogP contribution in [0.25, 0.3) is 17.0 Å². The normalized spacial score (nSPS) is 11.2. The maximum absolute atomic E-state index is 13.0. The first-order chi connectivity index (χ1) is 12.6. The number of nitrogens with zero attached hydrogens (tertiary/aromatic N) is 1. The largest absolute Gasteiger partial charge is 0.493 e. The average molecular weight is 346 g/mol. The van der Waals surface area contributed by atoms with E-state index in [0.717, 1.165) is 16.6 Å². The fraction of sp³-hybridized carbons (Fsp3) is 0.143. The lowest BCUT2D eigenvalue weighted by molar-refractivity contribution is 0.104. The van der Waals surface area contributed by atoms with Crippen LogP contribution in [0.1, 0.15) is 21.6 Å². The van der Waals surface area contributed by atoms with Gasteiger partial charge in [-0.1, -0.05) is 24.3 Å². The lowest BCUT2D eigenvalue weighted by Crippen LogP contribution is -2.03. The van der Waals surface area contributed by atoms with Crippen molar-refractivity contribution in [3.63, 3.8) is 0 Å². The molecule has 1 N–H and O–H groups in total. The van der Waals surface area contributed by atoms with Crippen molar-refractivity contribution in [1.82, 2.24) is 4.98 Å².